The molecule has 1 aromatic carbocycles. The van der Waals surface area contributed by atoms with Crippen LogP contribution in [0.2, 0.25) is 0 Å². The monoisotopic (exact) mass is 389 g/mol. The number of carbonyl (C=O) groups excluding carboxylic acids is 3. The van der Waals surface area contributed by atoms with Gasteiger partial charge in [-0.15, -0.1) is 0 Å². The molecule has 1 aliphatic carbocycles. The van der Waals surface area contributed by atoms with E-state index in [-0.39, 0.29) is 37.4 Å². The lowest BCUT2D eigenvalue weighted by atomic mass is 9.74. The first-order valence-corrected chi connectivity index (χ1v) is 9.65. The number of ketones is 1. The zero-order valence-electron chi connectivity index (χ0n) is 16.6. The number of rotatable bonds is 5. The fraction of sp³-hybridized carbons (Fsp3) is 0.571. The van der Waals surface area contributed by atoms with Crippen molar-refractivity contribution in [2.75, 3.05) is 6.79 Å². The lowest BCUT2D eigenvalue weighted by Gasteiger charge is -2.29. The summed E-state index contributed by atoms with van der Waals surface area (Å²) in [7, 11) is 0. The van der Waals surface area contributed by atoms with Gasteiger partial charge in [-0.3, -0.25) is 4.79 Å². The van der Waals surface area contributed by atoms with Gasteiger partial charge in [0.2, 0.25) is 6.79 Å². The lowest BCUT2D eigenvalue weighted by molar-refractivity contribution is -0.128. The number of Topliss-reactive ketones (excluding diaryl/α,β-unsaturated/α-hetero) is 1. The molecule has 0 aromatic heterocycles. The molecule has 2 atom stereocenters. The summed E-state index contributed by atoms with van der Waals surface area (Å²) in [6.07, 6.45) is 2.88. The smallest absolute Gasteiger partial charge is 0.407 e. The van der Waals surface area contributed by atoms with Crippen molar-refractivity contribution >= 4 is 18.2 Å². The van der Waals surface area contributed by atoms with Crippen molar-refractivity contribution < 1.29 is 28.6 Å². The van der Waals surface area contributed by atoms with Gasteiger partial charge in [0, 0.05) is 24.8 Å². The van der Waals surface area contributed by atoms with E-state index in [4.69, 9.17) is 14.2 Å². The third-order valence-corrected chi connectivity index (χ3v) is 5.00. The van der Waals surface area contributed by atoms with Crippen LogP contribution in [0.4, 0.5) is 4.79 Å². The zero-order valence-corrected chi connectivity index (χ0v) is 16.6. The highest BCUT2D eigenvalue weighted by Crippen LogP contribution is 2.42. The second kappa shape index (κ2) is 8.20. The van der Waals surface area contributed by atoms with E-state index in [1.165, 1.54) is 0 Å². The summed E-state index contributed by atoms with van der Waals surface area (Å²) in [5.74, 6) is 0.714. The van der Waals surface area contributed by atoms with Gasteiger partial charge in [-0.05, 0) is 56.9 Å². The molecule has 1 N–H and O–H groups in total. The first kappa shape index (κ1) is 20.2. The van der Waals surface area contributed by atoms with Crippen molar-refractivity contribution in [3.05, 3.63) is 23.3 Å². The SMILES string of the molecule is CC(C)(C)OC(=O)NCc1cc2c(cc1C1CCCC(CC=O)C1=O)OCO2. The zero-order chi connectivity index (χ0) is 20.3. The van der Waals surface area contributed by atoms with Crippen LogP contribution in [-0.4, -0.2) is 30.6 Å². The Bertz CT molecular complexity index is 767. The number of nitrogens with one attached hydrogen (secondary N) is 1. The maximum Gasteiger partial charge on any atom is 0.407 e. The Morgan fingerprint density at radius 1 is 1.25 bits per heavy atom. The van der Waals surface area contributed by atoms with E-state index in [2.05, 4.69) is 5.32 Å². The molecule has 0 bridgehead atoms. The van der Waals surface area contributed by atoms with E-state index in [9.17, 15) is 14.4 Å². The molecule has 7 nitrogen and oxygen atoms in total. The first-order chi connectivity index (χ1) is 13.3. The molecule has 7 heteroatoms. The van der Waals surface area contributed by atoms with Crippen LogP contribution in [-0.2, 0) is 20.9 Å². The predicted molar refractivity (Wildman–Crippen MR) is 101 cm³/mol. The Morgan fingerprint density at radius 3 is 2.64 bits per heavy atom. The van der Waals surface area contributed by atoms with Crippen LogP contribution in [0.1, 0.15) is 63.5 Å². The molecule has 2 aliphatic rings. The normalized spacial score (nSPS) is 21.3. The molecule has 28 heavy (non-hydrogen) atoms. The summed E-state index contributed by atoms with van der Waals surface area (Å²) in [6.45, 7) is 5.73. The van der Waals surface area contributed by atoms with Crippen molar-refractivity contribution in [1.82, 2.24) is 5.32 Å². The van der Waals surface area contributed by atoms with Gasteiger partial charge in [0.1, 0.15) is 17.7 Å². The van der Waals surface area contributed by atoms with Gasteiger partial charge in [0.05, 0.1) is 0 Å². The number of hydrogen-bond acceptors (Lipinski definition) is 6. The number of ether oxygens (including phenoxy) is 3. The van der Waals surface area contributed by atoms with E-state index in [1.54, 1.807) is 20.8 Å². The fourth-order valence-corrected chi connectivity index (χ4v) is 3.76. The summed E-state index contributed by atoms with van der Waals surface area (Å²) in [4.78, 5) is 35.9. The third kappa shape index (κ3) is 4.64. The molecule has 2 unspecified atom stereocenters. The Balaban J connectivity index is 1.84. The van der Waals surface area contributed by atoms with E-state index in [0.29, 0.717) is 17.9 Å². The van der Waals surface area contributed by atoms with Gasteiger partial charge in [-0.25, -0.2) is 4.79 Å². The number of fused-ring (bicyclic) bond motifs is 1. The summed E-state index contributed by atoms with van der Waals surface area (Å²) in [6, 6.07) is 3.64. The maximum absolute atomic E-state index is 13.0. The van der Waals surface area contributed by atoms with Crippen LogP contribution in [0, 0.1) is 5.92 Å². The summed E-state index contributed by atoms with van der Waals surface area (Å²) in [5, 5.41) is 2.75. The minimum atomic E-state index is -0.594. The Hall–Kier alpha value is -2.57. The molecule has 1 heterocycles. The van der Waals surface area contributed by atoms with Gasteiger partial charge in [0.15, 0.2) is 11.5 Å². The average Bonchev–Trinajstić information content (AvgIpc) is 3.07. The highest BCUT2D eigenvalue weighted by molar-refractivity contribution is 5.90. The van der Waals surface area contributed by atoms with Crippen molar-refractivity contribution in [3.8, 4) is 11.5 Å². The average molecular weight is 389 g/mol. The summed E-state index contributed by atoms with van der Waals surface area (Å²) >= 11 is 0. The van der Waals surface area contributed by atoms with Crippen LogP contribution in [0.25, 0.3) is 0 Å². The van der Waals surface area contributed by atoms with E-state index in [1.807, 2.05) is 12.1 Å². The Kier molecular flexibility index (Phi) is 5.91. The van der Waals surface area contributed by atoms with Gasteiger partial charge in [-0.1, -0.05) is 6.42 Å². The number of hydrogen-bond donors (Lipinski definition) is 1. The molecular weight excluding hydrogens is 362 g/mol. The van der Waals surface area contributed by atoms with Gasteiger partial charge < -0.3 is 24.3 Å². The highest BCUT2D eigenvalue weighted by Gasteiger charge is 2.34. The summed E-state index contributed by atoms with van der Waals surface area (Å²) < 4.78 is 16.2. The van der Waals surface area contributed by atoms with E-state index >= 15 is 0 Å². The van der Waals surface area contributed by atoms with E-state index < -0.39 is 11.7 Å². The second-order valence-electron chi connectivity index (χ2n) is 8.24. The van der Waals surface area contributed by atoms with Gasteiger partial charge in [0.25, 0.3) is 0 Å². The predicted octanol–water partition coefficient (Wildman–Crippen LogP) is 3.48. The number of carbonyl (C=O) groups is 3. The molecule has 0 radical (unpaired) electrons. The van der Waals surface area contributed by atoms with Crippen molar-refractivity contribution in [2.45, 2.75) is 64.5 Å². The molecule has 1 fully saturated rings. The highest BCUT2D eigenvalue weighted by atomic mass is 16.7. The minimum Gasteiger partial charge on any atom is -0.454 e. The Morgan fingerprint density at radius 2 is 1.96 bits per heavy atom. The number of alkyl carbamates (subject to hydrolysis) is 1. The molecule has 0 spiro atoms. The number of amides is 1. The summed E-state index contributed by atoms with van der Waals surface area (Å²) in [5.41, 5.74) is 1.02. The van der Waals surface area contributed by atoms with Crippen molar-refractivity contribution in [1.29, 1.82) is 0 Å². The van der Waals surface area contributed by atoms with Crippen molar-refractivity contribution in [3.63, 3.8) is 0 Å². The molecular formula is C21H27NO6. The molecule has 1 amide bonds. The number of aldehydes is 1. The number of benzene rings is 1. The molecule has 0 saturated heterocycles. The van der Waals surface area contributed by atoms with Crippen LogP contribution in [0.3, 0.4) is 0 Å². The molecule has 3 rings (SSSR count). The quantitative estimate of drug-likeness (QED) is 0.776. The lowest BCUT2D eigenvalue weighted by Crippen LogP contribution is -2.33. The maximum atomic E-state index is 13.0. The molecule has 1 saturated carbocycles. The van der Waals surface area contributed by atoms with Crippen LogP contribution in [0.15, 0.2) is 12.1 Å². The van der Waals surface area contributed by atoms with Gasteiger partial charge in [-0.2, -0.15) is 0 Å². The molecule has 1 aliphatic heterocycles. The van der Waals surface area contributed by atoms with Crippen LogP contribution in [0.5, 0.6) is 11.5 Å². The molecule has 1 aromatic rings. The second-order valence-corrected chi connectivity index (χ2v) is 8.24. The largest absolute Gasteiger partial charge is 0.454 e. The topological polar surface area (TPSA) is 90.9 Å². The molecule has 152 valence electrons. The minimum absolute atomic E-state index is 0.0794. The Labute approximate surface area is 164 Å². The van der Waals surface area contributed by atoms with Gasteiger partial charge >= 0.3 is 6.09 Å². The van der Waals surface area contributed by atoms with Crippen molar-refractivity contribution in [2.24, 2.45) is 5.92 Å². The standard InChI is InChI=1S/C21H27NO6/c1-21(2,3)28-20(25)22-11-14-9-17-18(27-12-26-17)10-16(14)15-6-4-5-13(7-8-23)19(15)24/h8-10,13,15H,4-7,11-12H2,1-3H3,(H,22,25). The third-order valence-electron chi connectivity index (χ3n) is 5.00. The van der Waals surface area contributed by atoms with Crippen LogP contribution < -0.4 is 14.8 Å². The van der Waals surface area contributed by atoms with Crippen LogP contribution >= 0.6 is 0 Å². The first-order valence-electron chi connectivity index (χ1n) is 9.65. The van der Waals surface area contributed by atoms with E-state index in [0.717, 1.165) is 30.3 Å². The fourth-order valence-electron chi connectivity index (χ4n) is 3.76.